The average Bonchev–Trinajstić information content (AvgIpc) is 2.44. The number of hydrogen-bond acceptors (Lipinski definition) is 3. The number of ether oxygens (including phenoxy) is 1. The van der Waals surface area contributed by atoms with Crippen molar-refractivity contribution in [2.45, 2.75) is 26.8 Å². The van der Waals surface area contributed by atoms with Gasteiger partial charge in [-0.3, -0.25) is 4.79 Å². The standard InChI is InChI=1S/C15H23N3O2/c1-4-16-15(17-9-8-14(19)20-3)18-11-13-7-5-6-12(2)10-13/h5-7,10H,4,8-9,11H2,1-3H3,(H2,16,17,18). The molecule has 0 aliphatic carbocycles. The molecule has 0 radical (unpaired) electrons. The molecule has 110 valence electrons. The van der Waals surface area contributed by atoms with Gasteiger partial charge >= 0.3 is 5.97 Å². The third-order valence-electron chi connectivity index (χ3n) is 2.70. The van der Waals surface area contributed by atoms with Crippen molar-refractivity contribution in [1.82, 2.24) is 10.6 Å². The van der Waals surface area contributed by atoms with Gasteiger partial charge in [-0.2, -0.15) is 0 Å². The summed E-state index contributed by atoms with van der Waals surface area (Å²) in [4.78, 5) is 15.5. The molecule has 0 unspecified atom stereocenters. The molecular formula is C15H23N3O2. The molecule has 20 heavy (non-hydrogen) atoms. The van der Waals surface area contributed by atoms with E-state index in [-0.39, 0.29) is 5.97 Å². The summed E-state index contributed by atoms with van der Waals surface area (Å²) in [5.74, 6) is 0.477. The predicted molar refractivity (Wildman–Crippen MR) is 80.6 cm³/mol. The van der Waals surface area contributed by atoms with Gasteiger partial charge in [-0.25, -0.2) is 4.99 Å². The van der Waals surface area contributed by atoms with E-state index in [0.717, 1.165) is 12.1 Å². The van der Waals surface area contributed by atoms with E-state index in [4.69, 9.17) is 0 Å². The molecule has 5 nitrogen and oxygen atoms in total. The lowest BCUT2D eigenvalue weighted by molar-refractivity contribution is -0.140. The molecule has 0 aliphatic rings. The second-order valence-corrected chi connectivity index (χ2v) is 4.44. The Balaban J connectivity index is 2.51. The second kappa shape index (κ2) is 8.96. The maximum atomic E-state index is 11.0. The minimum absolute atomic E-state index is 0.230. The van der Waals surface area contributed by atoms with E-state index in [0.29, 0.717) is 25.5 Å². The van der Waals surface area contributed by atoms with E-state index < -0.39 is 0 Å². The van der Waals surface area contributed by atoms with Crippen LogP contribution >= 0.6 is 0 Å². The Morgan fingerprint density at radius 1 is 1.35 bits per heavy atom. The summed E-state index contributed by atoms with van der Waals surface area (Å²) < 4.78 is 4.60. The zero-order valence-corrected chi connectivity index (χ0v) is 12.4. The van der Waals surface area contributed by atoms with Crippen molar-refractivity contribution in [3.8, 4) is 0 Å². The summed E-state index contributed by atoms with van der Waals surface area (Å²) in [5, 5.41) is 6.25. The van der Waals surface area contributed by atoms with Crippen molar-refractivity contribution in [3.63, 3.8) is 0 Å². The highest BCUT2D eigenvalue weighted by molar-refractivity contribution is 5.80. The third-order valence-corrected chi connectivity index (χ3v) is 2.70. The highest BCUT2D eigenvalue weighted by Gasteiger charge is 2.01. The first-order chi connectivity index (χ1) is 9.65. The molecule has 0 aliphatic heterocycles. The van der Waals surface area contributed by atoms with Crippen molar-refractivity contribution in [2.24, 2.45) is 4.99 Å². The van der Waals surface area contributed by atoms with Crippen LogP contribution in [0.4, 0.5) is 0 Å². The number of benzene rings is 1. The van der Waals surface area contributed by atoms with Crippen molar-refractivity contribution < 1.29 is 9.53 Å². The van der Waals surface area contributed by atoms with E-state index in [1.165, 1.54) is 12.7 Å². The molecule has 1 aromatic rings. The molecular weight excluding hydrogens is 254 g/mol. The number of rotatable bonds is 6. The van der Waals surface area contributed by atoms with Gasteiger partial charge < -0.3 is 15.4 Å². The summed E-state index contributed by atoms with van der Waals surface area (Å²) in [6.45, 7) is 5.95. The normalized spacial score (nSPS) is 11.1. The SMILES string of the molecule is CCNC(=NCc1cccc(C)c1)NCCC(=O)OC. The topological polar surface area (TPSA) is 62.7 Å². The number of nitrogens with zero attached hydrogens (tertiary/aromatic N) is 1. The number of carbonyl (C=O) groups excluding carboxylic acids is 1. The van der Waals surface area contributed by atoms with Gasteiger partial charge in [0.15, 0.2) is 5.96 Å². The van der Waals surface area contributed by atoms with Crippen LogP contribution in [0.25, 0.3) is 0 Å². The number of esters is 1. The van der Waals surface area contributed by atoms with Crippen LogP contribution in [0.15, 0.2) is 29.3 Å². The fourth-order valence-corrected chi connectivity index (χ4v) is 1.71. The first kappa shape index (κ1) is 16.0. The number of guanidine groups is 1. The van der Waals surface area contributed by atoms with E-state index in [1.54, 1.807) is 0 Å². The molecule has 0 saturated heterocycles. The largest absolute Gasteiger partial charge is 0.469 e. The molecule has 0 aromatic heterocycles. The molecule has 0 fully saturated rings. The van der Waals surface area contributed by atoms with Crippen LogP contribution in [0, 0.1) is 6.92 Å². The van der Waals surface area contributed by atoms with E-state index in [1.807, 2.05) is 13.0 Å². The minimum Gasteiger partial charge on any atom is -0.469 e. The van der Waals surface area contributed by atoms with Gasteiger partial charge in [-0.15, -0.1) is 0 Å². The molecule has 0 heterocycles. The number of aryl methyl sites for hydroxylation is 1. The Bertz CT molecular complexity index is 458. The van der Waals surface area contributed by atoms with Gasteiger partial charge in [0, 0.05) is 13.1 Å². The molecule has 1 aromatic carbocycles. The molecule has 1 rings (SSSR count). The fourth-order valence-electron chi connectivity index (χ4n) is 1.71. The average molecular weight is 277 g/mol. The van der Waals surface area contributed by atoms with Crippen LogP contribution in [0.1, 0.15) is 24.5 Å². The van der Waals surface area contributed by atoms with Gasteiger partial charge in [0.2, 0.25) is 0 Å². The lowest BCUT2D eigenvalue weighted by Gasteiger charge is -2.10. The summed E-state index contributed by atoms with van der Waals surface area (Å²) in [6.07, 6.45) is 0.325. The summed E-state index contributed by atoms with van der Waals surface area (Å²) in [5.41, 5.74) is 2.39. The molecule has 0 saturated carbocycles. The monoisotopic (exact) mass is 277 g/mol. The van der Waals surface area contributed by atoms with Gasteiger partial charge in [0.25, 0.3) is 0 Å². The molecule has 0 amide bonds. The van der Waals surface area contributed by atoms with Gasteiger partial charge in [0.1, 0.15) is 0 Å². The van der Waals surface area contributed by atoms with Gasteiger partial charge in [0.05, 0.1) is 20.1 Å². The predicted octanol–water partition coefficient (Wildman–Crippen LogP) is 1.61. The first-order valence-corrected chi connectivity index (χ1v) is 6.80. The van der Waals surface area contributed by atoms with Crippen LogP contribution in [-0.4, -0.2) is 32.1 Å². The highest BCUT2D eigenvalue weighted by atomic mass is 16.5. The van der Waals surface area contributed by atoms with E-state index >= 15 is 0 Å². The summed E-state index contributed by atoms with van der Waals surface area (Å²) in [6, 6.07) is 8.25. The number of nitrogens with one attached hydrogen (secondary N) is 2. The molecule has 0 spiro atoms. The zero-order chi connectivity index (χ0) is 14.8. The van der Waals surface area contributed by atoms with Gasteiger partial charge in [-0.05, 0) is 19.4 Å². The molecule has 0 atom stereocenters. The highest BCUT2D eigenvalue weighted by Crippen LogP contribution is 2.04. The van der Waals surface area contributed by atoms with E-state index in [9.17, 15) is 4.79 Å². The van der Waals surface area contributed by atoms with Crippen LogP contribution < -0.4 is 10.6 Å². The van der Waals surface area contributed by atoms with Crippen molar-refractivity contribution in [3.05, 3.63) is 35.4 Å². The van der Waals surface area contributed by atoms with Crippen LogP contribution in [-0.2, 0) is 16.1 Å². The number of carbonyl (C=O) groups is 1. The number of aliphatic imine (C=N–C) groups is 1. The second-order valence-electron chi connectivity index (χ2n) is 4.44. The molecule has 5 heteroatoms. The summed E-state index contributed by atoms with van der Waals surface area (Å²) in [7, 11) is 1.39. The minimum atomic E-state index is -0.230. The first-order valence-electron chi connectivity index (χ1n) is 6.80. The number of methoxy groups -OCH3 is 1. The Morgan fingerprint density at radius 3 is 2.80 bits per heavy atom. The van der Waals surface area contributed by atoms with E-state index in [2.05, 4.69) is 45.5 Å². The lowest BCUT2D eigenvalue weighted by Crippen LogP contribution is -2.38. The Hall–Kier alpha value is -2.04. The third kappa shape index (κ3) is 6.22. The lowest BCUT2D eigenvalue weighted by atomic mass is 10.1. The maximum absolute atomic E-state index is 11.0. The Morgan fingerprint density at radius 2 is 2.15 bits per heavy atom. The van der Waals surface area contributed by atoms with Crippen LogP contribution in [0.5, 0.6) is 0 Å². The molecule has 2 N–H and O–H groups in total. The zero-order valence-electron chi connectivity index (χ0n) is 12.4. The Labute approximate surface area is 120 Å². The van der Waals surface area contributed by atoms with Crippen molar-refractivity contribution in [2.75, 3.05) is 20.2 Å². The maximum Gasteiger partial charge on any atom is 0.307 e. The smallest absolute Gasteiger partial charge is 0.307 e. The molecule has 0 bridgehead atoms. The summed E-state index contributed by atoms with van der Waals surface area (Å²) >= 11 is 0. The van der Waals surface area contributed by atoms with Crippen LogP contribution in [0.2, 0.25) is 0 Å². The quantitative estimate of drug-likeness (QED) is 0.471. The van der Waals surface area contributed by atoms with Crippen LogP contribution in [0.3, 0.4) is 0 Å². The van der Waals surface area contributed by atoms with Crippen molar-refractivity contribution >= 4 is 11.9 Å². The Kier molecular flexibility index (Phi) is 7.17. The van der Waals surface area contributed by atoms with Crippen molar-refractivity contribution in [1.29, 1.82) is 0 Å². The number of hydrogen-bond donors (Lipinski definition) is 2. The fraction of sp³-hybridized carbons (Fsp3) is 0.467. The van der Waals surface area contributed by atoms with Gasteiger partial charge in [-0.1, -0.05) is 29.8 Å².